The summed E-state index contributed by atoms with van der Waals surface area (Å²) in [7, 11) is 0. The van der Waals surface area contributed by atoms with Crippen molar-refractivity contribution < 1.29 is 28.7 Å². The third kappa shape index (κ3) is 11.3. The smallest absolute Gasteiger partial charge is 0.408 e. The van der Waals surface area contributed by atoms with E-state index in [4.69, 9.17) is 44.3 Å². The molecule has 2 rings (SSSR count). The molecule has 0 saturated carbocycles. The molecule has 1 fully saturated rings. The fourth-order valence-electron chi connectivity index (χ4n) is 3.39. The number of nitrogens with one attached hydrogen (secondary N) is 3. The lowest BCUT2D eigenvalue weighted by atomic mass is 10.1. The number of carbonyl (C=O) groups excluding carboxylic acids is 4. The Morgan fingerprint density at radius 3 is 2.51 bits per heavy atom. The minimum absolute atomic E-state index is 0.124. The molecule has 3 N–H and O–H groups in total. The molecule has 1 aromatic heterocycles. The molecular formula is C23H32Cl3N5O6. The van der Waals surface area contributed by atoms with Crippen LogP contribution in [-0.2, 0) is 30.3 Å². The number of hydrogen-bond acceptors (Lipinski definition) is 8. The second-order valence-corrected chi connectivity index (χ2v) is 12.0. The SMILES string of the molecule is C[C@H](NC(=O)[C@H](Cc1cccnc1)NC(=O)OC(C)(C)C)C(=O)N1CCC[C@@H](C(=O)OCC(Cl)(Cl)Cl)N1. The molecule has 206 valence electrons. The van der Waals surface area contributed by atoms with Crippen molar-refractivity contribution in [3.05, 3.63) is 30.1 Å². The molecule has 3 atom stereocenters. The third-order valence-corrected chi connectivity index (χ3v) is 5.34. The van der Waals surface area contributed by atoms with Crippen molar-refractivity contribution >= 4 is 58.7 Å². The Morgan fingerprint density at radius 2 is 1.92 bits per heavy atom. The molecule has 14 heteroatoms. The molecule has 0 aromatic carbocycles. The average molecular weight is 581 g/mol. The highest BCUT2D eigenvalue weighted by Crippen LogP contribution is 2.26. The fraction of sp³-hybridized carbons (Fsp3) is 0.609. The first-order valence-electron chi connectivity index (χ1n) is 11.6. The van der Waals surface area contributed by atoms with Gasteiger partial charge >= 0.3 is 12.1 Å². The van der Waals surface area contributed by atoms with Crippen LogP contribution in [0.4, 0.5) is 4.79 Å². The number of alkyl carbamates (subject to hydrolysis) is 1. The number of halogens is 3. The summed E-state index contributed by atoms with van der Waals surface area (Å²) in [6.45, 7) is 6.49. The van der Waals surface area contributed by atoms with Gasteiger partial charge in [-0.15, -0.1) is 0 Å². The van der Waals surface area contributed by atoms with E-state index in [-0.39, 0.29) is 6.42 Å². The molecule has 0 aliphatic carbocycles. The molecule has 1 aromatic rings. The molecule has 37 heavy (non-hydrogen) atoms. The van der Waals surface area contributed by atoms with Gasteiger partial charge in [0.15, 0.2) is 0 Å². The summed E-state index contributed by atoms with van der Waals surface area (Å²) in [4.78, 5) is 54.8. The zero-order valence-electron chi connectivity index (χ0n) is 21.1. The first-order chi connectivity index (χ1) is 17.1. The molecule has 1 aliphatic rings. The summed E-state index contributed by atoms with van der Waals surface area (Å²) < 4.78 is 8.52. The number of nitrogens with zero attached hydrogens (tertiary/aromatic N) is 2. The van der Waals surface area contributed by atoms with Crippen molar-refractivity contribution in [2.45, 2.75) is 74.5 Å². The lowest BCUT2D eigenvalue weighted by Gasteiger charge is -2.34. The number of rotatable bonds is 8. The Labute approximate surface area is 230 Å². The van der Waals surface area contributed by atoms with E-state index in [1.54, 1.807) is 45.3 Å². The Balaban J connectivity index is 2.02. The topological polar surface area (TPSA) is 139 Å². The van der Waals surface area contributed by atoms with Gasteiger partial charge in [0.05, 0.1) is 0 Å². The minimum atomic E-state index is -1.75. The molecule has 11 nitrogen and oxygen atoms in total. The van der Waals surface area contributed by atoms with Gasteiger partial charge in [0.25, 0.3) is 5.91 Å². The van der Waals surface area contributed by atoms with Crippen molar-refractivity contribution in [1.29, 1.82) is 0 Å². The number of esters is 1. The number of alkyl halides is 3. The van der Waals surface area contributed by atoms with E-state index in [2.05, 4.69) is 21.0 Å². The van der Waals surface area contributed by atoms with Crippen LogP contribution in [0.5, 0.6) is 0 Å². The predicted molar refractivity (Wildman–Crippen MR) is 138 cm³/mol. The van der Waals surface area contributed by atoms with E-state index in [1.807, 2.05) is 0 Å². The summed E-state index contributed by atoms with van der Waals surface area (Å²) in [5.74, 6) is -1.74. The Bertz CT molecular complexity index is 954. The highest BCUT2D eigenvalue weighted by atomic mass is 35.6. The first kappa shape index (κ1) is 30.9. The largest absolute Gasteiger partial charge is 0.460 e. The predicted octanol–water partition coefficient (Wildman–Crippen LogP) is 2.43. The maximum absolute atomic E-state index is 13.1. The summed E-state index contributed by atoms with van der Waals surface area (Å²) in [6, 6.07) is 0.639. The number of carbonyl (C=O) groups is 4. The number of hydrogen-bond donors (Lipinski definition) is 3. The van der Waals surface area contributed by atoms with Crippen LogP contribution in [-0.4, -0.2) is 74.5 Å². The molecule has 0 bridgehead atoms. The van der Waals surface area contributed by atoms with Crippen LogP contribution >= 0.6 is 34.8 Å². The quantitative estimate of drug-likeness (QED) is 0.315. The standard InChI is InChI=1S/C23H32Cl3N5O6/c1-14(19(33)31-10-6-8-16(30-31)20(34)36-13-23(24,25)26)28-18(32)17(11-15-7-5-9-27-12-15)29-21(35)37-22(2,3)4/h5,7,9,12,14,16-17,30H,6,8,10-11,13H2,1-4H3,(H,28,32)(H,29,35)/t14-,16-,17-/m0/s1. The first-order valence-corrected chi connectivity index (χ1v) is 12.8. The second-order valence-electron chi connectivity index (χ2n) is 9.53. The molecular weight excluding hydrogens is 549 g/mol. The van der Waals surface area contributed by atoms with Gasteiger partial charge in [0, 0.05) is 25.4 Å². The summed E-state index contributed by atoms with van der Waals surface area (Å²) in [5, 5.41) is 6.43. The van der Waals surface area contributed by atoms with Crippen LogP contribution in [0.3, 0.4) is 0 Å². The third-order valence-electron chi connectivity index (χ3n) is 5.01. The van der Waals surface area contributed by atoms with Gasteiger partial charge in [0.2, 0.25) is 9.70 Å². The van der Waals surface area contributed by atoms with Crippen molar-refractivity contribution in [1.82, 2.24) is 26.1 Å². The molecule has 0 spiro atoms. The Morgan fingerprint density at radius 1 is 1.22 bits per heavy atom. The fourth-order valence-corrected chi connectivity index (χ4v) is 3.56. The molecule has 0 unspecified atom stereocenters. The maximum Gasteiger partial charge on any atom is 0.408 e. The van der Waals surface area contributed by atoms with Gasteiger partial charge in [-0.2, -0.15) is 0 Å². The summed E-state index contributed by atoms with van der Waals surface area (Å²) >= 11 is 16.8. The second kappa shape index (κ2) is 13.5. The van der Waals surface area contributed by atoms with E-state index in [9.17, 15) is 19.2 Å². The van der Waals surface area contributed by atoms with Crippen molar-refractivity contribution in [2.75, 3.05) is 13.2 Å². The number of pyridine rings is 1. The van der Waals surface area contributed by atoms with Crippen LogP contribution < -0.4 is 16.1 Å². The molecule has 1 saturated heterocycles. The van der Waals surface area contributed by atoms with Gasteiger partial charge in [-0.25, -0.2) is 10.2 Å². The van der Waals surface area contributed by atoms with E-state index in [0.717, 1.165) is 0 Å². The monoisotopic (exact) mass is 579 g/mol. The lowest BCUT2D eigenvalue weighted by Crippen LogP contribution is -2.60. The molecule has 0 radical (unpaired) electrons. The van der Waals surface area contributed by atoms with Crippen LogP contribution in [0, 0.1) is 0 Å². The van der Waals surface area contributed by atoms with Gasteiger partial charge in [0.1, 0.15) is 30.3 Å². The summed E-state index contributed by atoms with van der Waals surface area (Å²) in [5.41, 5.74) is 2.74. The number of aromatic nitrogens is 1. The van der Waals surface area contributed by atoms with E-state index < -0.39 is 58.0 Å². The average Bonchev–Trinajstić information content (AvgIpc) is 2.80. The van der Waals surface area contributed by atoms with Crippen LogP contribution in [0.2, 0.25) is 0 Å². The van der Waals surface area contributed by atoms with Gasteiger partial charge in [-0.1, -0.05) is 40.9 Å². The van der Waals surface area contributed by atoms with E-state index in [0.29, 0.717) is 24.9 Å². The van der Waals surface area contributed by atoms with E-state index >= 15 is 0 Å². The van der Waals surface area contributed by atoms with Gasteiger partial charge < -0.3 is 20.1 Å². The van der Waals surface area contributed by atoms with Crippen molar-refractivity contribution in [3.63, 3.8) is 0 Å². The zero-order valence-corrected chi connectivity index (χ0v) is 23.3. The van der Waals surface area contributed by atoms with Gasteiger partial charge in [-0.05, 0) is 52.2 Å². The number of ether oxygens (including phenoxy) is 2. The lowest BCUT2D eigenvalue weighted by molar-refractivity contribution is -0.152. The van der Waals surface area contributed by atoms with Crippen LogP contribution in [0.1, 0.15) is 46.1 Å². The van der Waals surface area contributed by atoms with Crippen molar-refractivity contribution in [3.8, 4) is 0 Å². The van der Waals surface area contributed by atoms with Crippen LogP contribution in [0.15, 0.2) is 24.5 Å². The molecule has 3 amide bonds. The normalized spacial score (nSPS) is 17.8. The number of hydrazine groups is 1. The maximum atomic E-state index is 13.1. The minimum Gasteiger partial charge on any atom is -0.460 e. The van der Waals surface area contributed by atoms with Crippen molar-refractivity contribution in [2.24, 2.45) is 0 Å². The van der Waals surface area contributed by atoms with Gasteiger partial charge in [-0.3, -0.25) is 24.4 Å². The Kier molecular flexibility index (Phi) is 11.2. The highest BCUT2D eigenvalue weighted by molar-refractivity contribution is 6.67. The Hall–Kier alpha value is -2.34. The highest BCUT2D eigenvalue weighted by Gasteiger charge is 2.34. The van der Waals surface area contributed by atoms with Crippen LogP contribution in [0.25, 0.3) is 0 Å². The summed E-state index contributed by atoms with van der Waals surface area (Å²) in [6.07, 6.45) is 3.44. The number of amides is 3. The van der Waals surface area contributed by atoms with E-state index in [1.165, 1.54) is 11.9 Å². The zero-order chi connectivity index (χ0) is 27.8. The molecule has 1 aliphatic heterocycles. The molecule has 2 heterocycles.